The topological polar surface area (TPSA) is 30.0 Å². The Morgan fingerprint density at radius 1 is 1.57 bits per heavy atom. The fourth-order valence-electron chi connectivity index (χ4n) is 1.08. The molecule has 0 fully saturated rings. The van der Waals surface area contributed by atoms with Crippen LogP contribution in [0.2, 0.25) is 0 Å². The highest BCUT2D eigenvalue weighted by molar-refractivity contribution is 5.94. The van der Waals surface area contributed by atoms with Crippen LogP contribution < -0.4 is 0 Å². The average molecular weight is 187 g/mol. The zero-order valence-corrected chi connectivity index (χ0v) is 8.45. The third-order valence-corrected chi connectivity index (χ3v) is 1.94. The standard InChI is InChI=1S/C12H13NO/c1-4-5-6-11-7-12(10(3)14)8-13-9(11)2/h4-8H,1H2,2-3H3/b6-5-. The molecule has 1 rings (SSSR count). The van der Waals surface area contributed by atoms with Crippen LogP contribution in [0.4, 0.5) is 0 Å². The van der Waals surface area contributed by atoms with E-state index in [-0.39, 0.29) is 5.78 Å². The minimum absolute atomic E-state index is 0.0331. The molecule has 0 aliphatic rings. The molecule has 0 bridgehead atoms. The van der Waals surface area contributed by atoms with E-state index in [1.807, 2.05) is 25.1 Å². The van der Waals surface area contributed by atoms with Crippen LogP contribution in [0.3, 0.4) is 0 Å². The van der Waals surface area contributed by atoms with E-state index in [1.54, 1.807) is 12.3 Å². The molecular formula is C12H13NO. The zero-order chi connectivity index (χ0) is 10.6. The van der Waals surface area contributed by atoms with Crippen LogP contribution in [0, 0.1) is 6.92 Å². The van der Waals surface area contributed by atoms with Gasteiger partial charge in [-0.15, -0.1) is 0 Å². The molecule has 0 saturated carbocycles. The Kier molecular flexibility index (Phi) is 3.35. The first-order chi connectivity index (χ1) is 6.65. The number of rotatable bonds is 3. The third-order valence-electron chi connectivity index (χ3n) is 1.94. The largest absolute Gasteiger partial charge is 0.294 e. The summed E-state index contributed by atoms with van der Waals surface area (Å²) in [6.07, 6.45) is 7.01. The summed E-state index contributed by atoms with van der Waals surface area (Å²) in [7, 11) is 0. The third kappa shape index (κ3) is 2.39. The van der Waals surface area contributed by atoms with Crippen molar-refractivity contribution in [2.45, 2.75) is 13.8 Å². The molecule has 72 valence electrons. The van der Waals surface area contributed by atoms with Gasteiger partial charge in [0.2, 0.25) is 0 Å². The van der Waals surface area contributed by atoms with Crippen molar-refractivity contribution >= 4 is 11.9 Å². The molecule has 0 amide bonds. The molecule has 0 radical (unpaired) electrons. The van der Waals surface area contributed by atoms with Crippen molar-refractivity contribution in [3.05, 3.63) is 47.8 Å². The fourth-order valence-corrected chi connectivity index (χ4v) is 1.08. The van der Waals surface area contributed by atoms with Gasteiger partial charge in [0, 0.05) is 17.5 Å². The second-order valence-electron chi connectivity index (χ2n) is 3.05. The molecule has 0 N–H and O–H groups in total. The number of hydrogen-bond donors (Lipinski definition) is 0. The molecule has 0 spiro atoms. The summed E-state index contributed by atoms with van der Waals surface area (Å²) in [5.41, 5.74) is 2.50. The second kappa shape index (κ2) is 4.51. The number of ketones is 1. The lowest BCUT2D eigenvalue weighted by atomic mass is 10.1. The first kappa shape index (κ1) is 10.4. The van der Waals surface area contributed by atoms with Crippen LogP contribution in [0.25, 0.3) is 6.08 Å². The number of pyridine rings is 1. The van der Waals surface area contributed by atoms with Crippen LogP contribution >= 0.6 is 0 Å². The van der Waals surface area contributed by atoms with E-state index in [1.165, 1.54) is 6.92 Å². The summed E-state index contributed by atoms with van der Waals surface area (Å²) in [5.74, 6) is 0.0331. The molecule has 2 nitrogen and oxygen atoms in total. The van der Waals surface area contributed by atoms with Gasteiger partial charge in [0.1, 0.15) is 0 Å². The number of nitrogens with zero attached hydrogens (tertiary/aromatic N) is 1. The Labute approximate surface area is 84.0 Å². The van der Waals surface area contributed by atoms with Gasteiger partial charge in [-0.2, -0.15) is 0 Å². The highest BCUT2D eigenvalue weighted by atomic mass is 16.1. The van der Waals surface area contributed by atoms with Crippen LogP contribution in [0.5, 0.6) is 0 Å². The molecule has 14 heavy (non-hydrogen) atoms. The number of carbonyl (C=O) groups excluding carboxylic acids is 1. The summed E-state index contributed by atoms with van der Waals surface area (Å²) < 4.78 is 0. The highest BCUT2D eigenvalue weighted by Gasteiger charge is 2.02. The Morgan fingerprint density at radius 3 is 2.86 bits per heavy atom. The Bertz CT molecular complexity index is 391. The lowest BCUT2D eigenvalue weighted by Crippen LogP contribution is -1.96. The quantitative estimate of drug-likeness (QED) is 0.538. The average Bonchev–Trinajstić information content (AvgIpc) is 2.16. The first-order valence-corrected chi connectivity index (χ1v) is 4.42. The van der Waals surface area contributed by atoms with Gasteiger partial charge in [0.15, 0.2) is 5.78 Å². The number of hydrogen-bond acceptors (Lipinski definition) is 2. The highest BCUT2D eigenvalue weighted by Crippen LogP contribution is 2.10. The van der Waals surface area contributed by atoms with Crippen molar-refractivity contribution in [1.29, 1.82) is 0 Å². The van der Waals surface area contributed by atoms with Gasteiger partial charge in [0.05, 0.1) is 0 Å². The maximum absolute atomic E-state index is 11.1. The number of Topliss-reactive ketones (excluding diaryl/α,β-unsaturated/α-hetero) is 1. The maximum Gasteiger partial charge on any atom is 0.161 e. The van der Waals surface area contributed by atoms with Crippen molar-refractivity contribution < 1.29 is 4.79 Å². The van der Waals surface area contributed by atoms with Crippen molar-refractivity contribution in [3.63, 3.8) is 0 Å². The molecule has 0 saturated heterocycles. The molecular weight excluding hydrogens is 174 g/mol. The SMILES string of the molecule is C=C/C=C\c1cc(C(C)=O)cnc1C. The fraction of sp³-hybridized carbons (Fsp3) is 0.167. The number of aryl methyl sites for hydroxylation is 1. The van der Waals surface area contributed by atoms with Crippen LogP contribution in [0.15, 0.2) is 31.0 Å². The molecule has 0 unspecified atom stereocenters. The minimum Gasteiger partial charge on any atom is -0.294 e. The number of allylic oxidation sites excluding steroid dienone is 2. The molecule has 0 aromatic carbocycles. The van der Waals surface area contributed by atoms with E-state index < -0.39 is 0 Å². The van der Waals surface area contributed by atoms with Gasteiger partial charge in [-0.25, -0.2) is 0 Å². The molecule has 1 aromatic rings. The van der Waals surface area contributed by atoms with E-state index in [0.717, 1.165) is 11.3 Å². The smallest absolute Gasteiger partial charge is 0.161 e. The summed E-state index contributed by atoms with van der Waals surface area (Å²) >= 11 is 0. The summed E-state index contributed by atoms with van der Waals surface area (Å²) in [6.45, 7) is 7.03. The number of carbonyl (C=O) groups is 1. The first-order valence-electron chi connectivity index (χ1n) is 4.42. The molecule has 1 heterocycles. The predicted octanol–water partition coefficient (Wildman–Crippen LogP) is 2.79. The summed E-state index contributed by atoms with van der Waals surface area (Å²) in [4.78, 5) is 15.2. The Hall–Kier alpha value is -1.70. The van der Waals surface area contributed by atoms with Crippen molar-refractivity contribution in [2.75, 3.05) is 0 Å². The molecule has 2 heteroatoms. The lowest BCUT2D eigenvalue weighted by molar-refractivity contribution is 0.101. The van der Waals surface area contributed by atoms with Gasteiger partial charge in [0.25, 0.3) is 0 Å². The molecule has 0 atom stereocenters. The van der Waals surface area contributed by atoms with Crippen LogP contribution in [0.1, 0.15) is 28.5 Å². The molecule has 0 aliphatic carbocycles. The van der Waals surface area contributed by atoms with Gasteiger partial charge in [-0.1, -0.05) is 24.8 Å². The van der Waals surface area contributed by atoms with E-state index in [2.05, 4.69) is 11.6 Å². The Morgan fingerprint density at radius 2 is 2.29 bits per heavy atom. The zero-order valence-electron chi connectivity index (χ0n) is 8.45. The monoisotopic (exact) mass is 187 g/mol. The summed E-state index contributed by atoms with van der Waals surface area (Å²) in [6, 6.07) is 1.84. The predicted molar refractivity (Wildman–Crippen MR) is 58.2 cm³/mol. The van der Waals surface area contributed by atoms with Gasteiger partial charge >= 0.3 is 0 Å². The van der Waals surface area contributed by atoms with Crippen LogP contribution in [-0.4, -0.2) is 10.8 Å². The van der Waals surface area contributed by atoms with E-state index >= 15 is 0 Å². The normalized spacial score (nSPS) is 10.4. The maximum atomic E-state index is 11.1. The second-order valence-corrected chi connectivity index (χ2v) is 3.05. The minimum atomic E-state index is 0.0331. The van der Waals surface area contributed by atoms with E-state index in [4.69, 9.17) is 0 Å². The van der Waals surface area contributed by atoms with Crippen molar-refractivity contribution in [3.8, 4) is 0 Å². The van der Waals surface area contributed by atoms with E-state index in [9.17, 15) is 4.79 Å². The van der Waals surface area contributed by atoms with Gasteiger partial charge < -0.3 is 0 Å². The van der Waals surface area contributed by atoms with E-state index in [0.29, 0.717) is 5.56 Å². The van der Waals surface area contributed by atoms with Gasteiger partial charge in [-0.3, -0.25) is 9.78 Å². The van der Waals surface area contributed by atoms with Crippen LogP contribution in [-0.2, 0) is 0 Å². The van der Waals surface area contributed by atoms with Crippen molar-refractivity contribution in [1.82, 2.24) is 4.98 Å². The van der Waals surface area contributed by atoms with Gasteiger partial charge in [-0.05, 0) is 25.5 Å². The molecule has 0 aliphatic heterocycles. The van der Waals surface area contributed by atoms with Crippen molar-refractivity contribution in [2.24, 2.45) is 0 Å². The molecule has 1 aromatic heterocycles. The number of aromatic nitrogens is 1. The summed E-state index contributed by atoms with van der Waals surface area (Å²) in [5, 5.41) is 0. The lowest BCUT2D eigenvalue weighted by Gasteiger charge is -2.01. The Balaban J connectivity index is 3.14.